The molecule has 157 valence electrons. The molecule has 2 atom stereocenters. The van der Waals surface area contributed by atoms with Gasteiger partial charge in [-0.25, -0.2) is 4.79 Å². The molecular weight excluding hydrogens is 415 g/mol. The maximum absolute atomic E-state index is 12.4. The second-order valence-electron chi connectivity index (χ2n) is 6.38. The van der Waals surface area contributed by atoms with Crippen LogP contribution in [0.4, 0.5) is 0 Å². The highest BCUT2D eigenvalue weighted by atomic mass is 32.1. The molecule has 13 heteroatoms. The van der Waals surface area contributed by atoms with Gasteiger partial charge in [0.2, 0.25) is 12.7 Å². The molecule has 1 aliphatic rings. The third-order valence-electron chi connectivity index (χ3n) is 3.68. The van der Waals surface area contributed by atoms with Crippen LogP contribution in [0.1, 0.15) is 29.9 Å². The van der Waals surface area contributed by atoms with Crippen molar-refractivity contribution in [3.63, 3.8) is 0 Å². The Hall–Kier alpha value is -1.69. The quantitative estimate of drug-likeness (QED) is 0.344. The van der Waals surface area contributed by atoms with Crippen LogP contribution in [0.5, 0.6) is 0 Å². The van der Waals surface area contributed by atoms with Crippen molar-refractivity contribution in [2.45, 2.75) is 26.4 Å². The summed E-state index contributed by atoms with van der Waals surface area (Å²) in [5, 5.41) is 2.54. The smallest absolute Gasteiger partial charge is 0.381 e. The minimum Gasteiger partial charge on any atom is -0.469 e. The summed E-state index contributed by atoms with van der Waals surface area (Å²) in [4.78, 5) is 49.7. The van der Waals surface area contributed by atoms with Crippen molar-refractivity contribution < 1.29 is 42.3 Å². The molecule has 0 bridgehead atoms. The van der Waals surface area contributed by atoms with Crippen molar-refractivity contribution in [1.29, 1.82) is 0 Å². The first-order chi connectivity index (χ1) is 13.2. The lowest BCUT2D eigenvalue weighted by Gasteiger charge is -2.43. The van der Waals surface area contributed by atoms with Gasteiger partial charge in [0.05, 0.1) is 31.8 Å². The number of thiazole rings is 1. The van der Waals surface area contributed by atoms with E-state index in [0.717, 1.165) is 11.3 Å². The van der Waals surface area contributed by atoms with Crippen LogP contribution in [0.3, 0.4) is 0 Å². The van der Waals surface area contributed by atoms with Crippen LogP contribution in [-0.4, -0.2) is 60.9 Å². The molecule has 1 saturated heterocycles. The Morgan fingerprint density at radius 2 is 2.21 bits per heavy atom. The van der Waals surface area contributed by atoms with Crippen molar-refractivity contribution in [2.24, 2.45) is 5.41 Å². The summed E-state index contributed by atoms with van der Waals surface area (Å²) in [5.74, 6) is -1.69. The van der Waals surface area contributed by atoms with Crippen molar-refractivity contribution in [1.82, 2.24) is 10.3 Å². The number of aromatic nitrogens is 1. The Morgan fingerprint density at radius 1 is 1.46 bits per heavy atom. The molecule has 2 rings (SSSR count). The molecule has 1 aromatic rings. The topological polar surface area (TPSA) is 143 Å². The highest BCUT2D eigenvalue weighted by Gasteiger charge is 2.50. The largest absolute Gasteiger partial charge is 0.469 e. The lowest BCUT2D eigenvalue weighted by Crippen LogP contribution is -2.50. The average molecular weight is 437 g/mol. The van der Waals surface area contributed by atoms with Crippen LogP contribution in [0.25, 0.3) is 0 Å². The molecule has 2 N–H and O–H groups in total. The van der Waals surface area contributed by atoms with Crippen LogP contribution in [0.15, 0.2) is 11.7 Å². The van der Waals surface area contributed by atoms with E-state index >= 15 is 0 Å². The predicted molar refractivity (Wildman–Crippen MR) is 96.9 cm³/mol. The minimum absolute atomic E-state index is 0.00463. The standard InChI is InChI=1S/C15H22N2O9PS/c1-15(2)7-24-27(21,25-9-23-14(20)10-6-16-8-28-10)26-12(15)13(19)17-5-4-11(18)22-3/h6,8,12,21H,4-5,7,9H2,1-3H3,(H,17,19)/t12-/m0/s1. The number of hydrogen-bond donors (Lipinski definition) is 2. The lowest BCUT2D eigenvalue weighted by molar-refractivity contribution is -0.146. The summed E-state index contributed by atoms with van der Waals surface area (Å²) in [6.45, 7) is 2.81. The Morgan fingerprint density at radius 3 is 2.86 bits per heavy atom. The zero-order valence-electron chi connectivity index (χ0n) is 15.6. The normalized spacial score (nSPS) is 23.6. The lowest BCUT2D eigenvalue weighted by atomic mass is 9.87. The van der Waals surface area contributed by atoms with Crippen molar-refractivity contribution >= 4 is 37.4 Å². The highest BCUT2D eigenvalue weighted by molar-refractivity contribution is 7.55. The molecule has 11 nitrogen and oxygen atoms in total. The van der Waals surface area contributed by atoms with Gasteiger partial charge >= 0.3 is 20.1 Å². The Kier molecular flexibility index (Phi) is 7.81. The van der Waals surface area contributed by atoms with Crippen LogP contribution in [0, 0.1) is 5.41 Å². The van der Waals surface area contributed by atoms with Gasteiger partial charge in [-0.3, -0.25) is 28.1 Å². The van der Waals surface area contributed by atoms with Crippen LogP contribution in [0.2, 0.25) is 0 Å². The summed E-state index contributed by atoms with van der Waals surface area (Å²) >= 11 is 1.09. The molecule has 0 saturated carbocycles. The summed E-state index contributed by atoms with van der Waals surface area (Å²) in [6.07, 6.45) is 0.228. The molecule has 1 aliphatic heterocycles. The molecule has 0 aromatic carbocycles. The van der Waals surface area contributed by atoms with Gasteiger partial charge in [-0.15, -0.1) is 11.3 Å². The van der Waals surface area contributed by atoms with E-state index in [1.54, 1.807) is 13.8 Å². The number of ether oxygens (including phenoxy) is 2. The zero-order chi connectivity index (χ0) is 20.8. The van der Waals surface area contributed by atoms with Gasteiger partial charge in [-0.2, -0.15) is 0 Å². The van der Waals surface area contributed by atoms with Crippen LogP contribution < -0.4 is 5.32 Å². The molecule has 2 heterocycles. The molecule has 0 aliphatic carbocycles. The molecule has 1 unspecified atom stereocenters. The van der Waals surface area contributed by atoms with E-state index in [0.29, 0.717) is 0 Å². The Labute approximate surface area is 165 Å². The average Bonchev–Trinajstić information content (AvgIpc) is 3.18. The van der Waals surface area contributed by atoms with Gasteiger partial charge in [0.15, 0.2) is 6.10 Å². The number of methoxy groups -OCH3 is 1. The number of esters is 2. The minimum atomic E-state index is -3.89. The number of amides is 1. The molecule has 28 heavy (non-hydrogen) atoms. The number of nitrogens with zero attached hydrogens (tertiary/aromatic N) is 1. The first kappa shape index (κ1) is 22.6. The van der Waals surface area contributed by atoms with Crippen molar-refractivity contribution in [3.8, 4) is 0 Å². The van der Waals surface area contributed by atoms with Gasteiger partial charge in [0.25, 0.3) is 0 Å². The fraction of sp³-hybridized carbons (Fsp3) is 0.600. The number of hydrogen-bond acceptors (Lipinski definition) is 11. The van der Waals surface area contributed by atoms with Crippen LogP contribution in [-0.2, 0) is 32.6 Å². The van der Waals surface area contributed by atoms with E-state index in [-0.39, 0.29) is 24.4 Å². The molecule has 1 aromatic heterocycles. The fourth-order valence-electron chi connectivity index (χ4n) is 2.12. The number of carbonyl (C=O) groups is 3. The summed E-state index contributed by atoms with van der Waals surface area (Å²) in [5.41, 5.74) is 0.696. The number of rotatable bonds is 8. The maximum Gasteiger partial charge on any atom is 0.381 e. The third-order valence-corrected chi connectivity index (χ3v) is 5.80. The molecule has 0 spiro atoms. The highest BCUT2D eigenvalue weighted by Crippen LogP contribution is 2.63. The summed E-state index contributed by atoms with van der Waals surface area (Å²) in [7, 11) is -2.64. The third kappa shape index (κ3) is 6.16. The van der Waals surface area contributed by atoms with Crippen molar-refractivity contribution in [2.75, 3.05) is 27.1 Å². The fourth-order valence-corrected chi connectivity index (χ4v) is 4.15. The first-order valence-electron chi connectivity index (χ1n) is 8.16. The van der Waals surface area contributed by atoms with E-state index in [4.69, 9.17) is 18.3 Å². The second kappa shape index (κ2) is 9.68. The van der Waals surface area contributed by atoms with Gasteiger partial charge in [0.1, 0.15) is 4.88 Å². The Balaban J connectivity index is 1.88. The van der Waals surface area contributed by atoms with Gasteiger partial charge in [-0.1, -0.05) is 13.8 Å². The van der Waals surface area contributed by atoms with E-state index in [1.165, 1.54) is 18.8 Å². The number of nitrogens with one attached hydrogen (secondary N) is 1. The molecule has 1 fully saturated rings. The molecular formula is C15H22N2O9PS. The Bertz CT molecular complexity index is 700. The first-order valence-corrected chi connectivity index (χ1v) is 10.5. The van der Waals surface area contributed by atoms with E-state index < -0.39 is 44.3 Å². The van der Waals surface area contributed by atoms with Crippen LogP contribution >= 0.6 is 19.5 Å². The SMILES string of the molecule is COC(=O)CCNC(=O)[C@@H]1O[P](O)(OCOC(=O)c2cncs2)OCC1(C)C. The van der Waals surface area contributed by atoms with Crippen molar-refractivity contribution in [3.05, 3.63) is 16.6 Å². The van der Waals surface area contributed by atoms with E-state index in [9.17, 15) is 19.3 Å². The summed E-state index contributed by atoms with van der Waals surface area (Å²) < 4.78 is 25.1. The van der Waals surface area contributed by atoms with Gasteiger partial charge in [-0.05, 0) is 0 Å². The molecule has 1 amide bonds. The number of carbonyl (C=O) groups excluding carboxylic acids is 3. The van der Waals surface area contributed by atoms with Gasteiger partial charge in [0, 0.05) is 12.0 Å². The van der Waals surface area contributed by atoms with Gasteiger partial charge < -0.3 is 19.7 Å². The monoisotopic (exact) mass is 437 g/mol. The van der Waals surface area contributed by atoms with E-state index in [2.05, 4.69) is 15.0 Å². The zero-order valence-corrected chi connectivity index (χ0v) is 17.3. The van der Waals surface area contributed by atoms with E-state index in [1.807, 2.05) is 0 Å². The summed E-state index contributed by atoms with van der Waals surface area (Å²) in [6, 6.07) is 0. The second-order valence-corrected chi connectivity index (χ2v) is 8.93. The maximum atomic E-state index is 12.4. The predicted octanol–water partition coefficient (Wildman–Crippen LogP) is 1.06. The molecule has 1 radical (unpaired) electrons.